The third-order valence-corrected chi connectivity index (χ3v) is 7.92. The molecule has 3 rings (SSSR count). The van der Waals surface area contributed by atoms with Crippen LogP contribution in [0.1, 0.15) is 55.3 Å². The molecule has 1 saturated heterocycles. The third-order valence-electron chi connectivity index (χ3n) is 6.30. The van der Waals surface area contributed by atoms with Crippen LogP contribution in [0.4, 0.5) is 5.69 Å². The lowest BCUT2D eigenvalue weighted by molar-refractivity contribution is 0.0166. The maximum Gasteiger partial charge on any atom is 0.211 e. The number of piperazine rings is 1. The molecular weight excluding hydrogens is 398 g/mol. The highest BCUT2D eigenvalue weighted by Crippen LogP contribution is 2.39. The molecule has 2 aliphatic rings. The van der Waals surface area contributed by atoms with Gasteiger partial charge in [-0.3, -0.25) is 9.69 Å². The Morgan fingerprint density at radius 1 is 1.14 bits per heavy atom. The number of Topliss-reactive ketones (excluding diaryl/α,β-unsaturated/α-hetero) is 1. The third kappa shape index (κ3) is 4.70. The van der Waals surface area contributed by atoms with E-state index in [1.807, 2.05) is 0 Å². The molecule has 1 heterocycles. The molecular formula is C20H30ClN3O3S. The number of nitrogens with two attached hydrogens (primary N) is 1. The van der Waals surface area contributed by atoms with E-state index in [0.717, 1.165) is 45.2 Å². The molecule has 1 aliphatic heterocycles. The lowest BCUT2D eigenvalue weighted by Crippen LogP contribution is -2.58. The van der Waals surface area contributed by atoms with Crippen LogP contribution in [0.3, 0.4) is 0 Å². The van der Waals surface area contributed by atoms with Crippen molar-refractivity contribution < 1.29 is 13.2 Å². The average molecular weight is 428 g/mol. The van der Waals surface area contributed by atoms with Crippen molar-refractivity contribution in [3.8, 4) is 0 Å². The van der Waals surface area contributed by atoms with Crippen LogP contribution in [-0.4, -0.2) is 61.4 Å². The van der Waals surface area contributed by atoms with Crippen LogP contribution in [0.15, 0.2) is 18.2 Å². The number of carbonyl (C=O) groups excluding carboxylic acids is 1. The number of nitrogens with zero attached hydrogens (tertiary/aromatic N) is 2. The molecule has 2 fully saturated rings. The molecule has 8 heteroatoms. The van der Waals surface area contributed by atoms with Crippen molar-refractivity contribution in [1.29, 1.82) is 0 Å². The SMILES string of the molecule is CS(=O)(=O)N1CCN(C2(CCC(=O)c3c(N)cccc3Cl)CCCCC2)CC1. The van der Waals surface area contributed by atoms with Gasteiger partial charge in [-0.05, 0) is 31.4 Å². The summed E-state index contributed by atoms with van der Waals surface area (Å²) in [5, 5.41) is 0.407. The number of benzene rings is 1. The second-order valence-corrected chi connectivity index (χ2v) is 10.5. The molecule has 0 atom stereocenters. The standard InChI is InChI=1S/C20H30ClN3O3S/c1-28(26,27)24-14-12-23(13-15-24)20(9-3-2-4-10-20)11-8-18(25)19-16(21)6-5-7-17(19)22/h5-7H,2-4,8-15,22H2,1H3. The fourth-order valence-electron chi connectivity index (χ4n) is 4.73. The van der Waals surface area contributed by atoms with Gasteiger partial charge in [0.1, 0.15) is 0 Å². The number of hydrogen-bond acceptors (Lipinski definition) is 5. The summed E-state index contributed by atoms with van der Waals surface area (Å²) < 4.78 is 25.2. The number of anilines is 1. The first-order valence-corrected chi connectivity index (χ1v) is 12.2. The monoisotopic (exact) mass is 427 g/mol. The maximum atomic E-state index is 12.9. The lowest BCUT2D eigenvalue weighted by atomic mass is 9.76. The zero-order chi connectivity index (χ0) is 20.4. The summed E-state index contributed by atoms with van der Waals surface area (Å²) in [5.41, 5.74) is 6.81. The predicted molar refractivity (Wildman–Crippen MR) is 113 cm³/mol. The van der Waals surface area contributed by atoms with Gasteiger partial charge in [0, 0.05) is 43.8 Å². The van der Waals surface area contributed by atoms with E-state index in [2.05, 4.69) is 4.90 Å². The number of sulfonamides is 1. The molecule has 1 aliphatic carbocycles. The molecule has 156 valence electrons. The quantitative estimate of drug-likeness (QED) is 0.556. The summed E-state index contributed by atoms with van der Waals surface area (Å²) in [6.07, 6.45) is 8.05. The normalized spacial score (nSPS) is 21.5. The molecule has 0 bridgehead atoms. The molecule has 0 spiro atoms. The first-order valence-electron chi connectivity index (χ1n) is 10.0. The number of ketones is 1. The second-order valence-electron chi connectivity index (χ2n) is 8.06. The summed E-state index contributed by atoms with van der Waals surface area (Å²) in [6, 6.07) is 5.16. The van der Waals surface area contributed by atoms with Crippen molar-refractivity contribution in [3.63, 3.8) is 0 Å². The Bertz CT molecular complexity index is 794. The number of nitrogen functional groups attached to an aromatic ring is 1. The summed E-state index contributed by atoms with van der Waals surface area (Å²) in [7, 11) is -3.15. The number of carbonyl (C=O) groups is 1. The molecule has 28 heavy (non-hydrogen) atoms. The van der Waals surface area contributed by atoms with E-state index in [4.69, 9.17) is 17.3 Å². The van der Waals surface area contributed by atoms with Gasteiger partial charge in [-0.15, -0.1) is 0 Å². The van der Waals surface area contributed by atoms with Crippen LogP contribution in [-0.2, 0) is 10.0 Å². The molecule has 0 radical (unpaired) electrons. The van der Waals surface area contributed by atoms with Gasteiger partial charge in [0.2, 0.25) is 10.0 Å². The smallest absolute Gasteiger partial charge is 0.211 e. The Morgan fingerprint density at radius 3 is 2.36 bits per heavy atom. The largest absolute Gasteiger partial charge is 0.398 e. The molecule has 1 aromatic carbocycles. The molecule has 1 aromatic rings. The lowest BCUT2D eigenvalue weighted by Gasteiger charge is -2.49. The van der Waals surface area contributed by atoms with Crippen molar-refractivity contribution >= 4 is 33.1 Å². The van der Waals surface area contributed by atoms with Crippen LogP contribution in [0.25, 0.3) is 0 Å². The topological polar surface area (TPSA) is 83.7 Å². The average Bonchev–Trinajstić information content (AvgIpc) is 2.66. The van der Waals surface area contributed by atoms with Crippen molar-refractivity contribution in [2.45, 2.75) is 50.5 Å². The highest BCUT2D eigenvalue weighted by Gasteiger charge is 2.40. The van der Waals surface area contributed by atoms with E-state index in [9.17, 15) is 13.2 Å². The summed E-state index contributed by atoms with van der Waals surface area (Å²) in [6.45, 7) is 2.48. The Hall–Kier alpha value is -1.15. The molecule has 2 N–H and O–H groups in total. The highest BCUT2D eigenvalue weighted by molar-refractivity contribution is 7.88. The molecule has 0 unspecified atom stereocenters. The van der Waals surface area contributed by atoms with Gasteiger partial charge >= 0.3 is 0 Å². The number of hydrogen-bond donors (Lipinski definition) is 1. The van der Waals surface area contributed by atoms with E-state index in [-0.39, 0.29) is 11.3 Å². The summed E-state index contributed by atoms with van der Waals surface area (Å²) in [4.78, 5) is 15.3. The van der Waals surface area contributed by atoms with Crippen LogP contribution in [0, 0.1) is 0 Å². The van der Waals surface area contributed by atoms with E-state index >= 15 is 0 Å². The van der Waals surface area contributed by atoms with Crippen molar-refractivity contribution in [2.24, 2.45) is 0 Å². The maximum absolute atomic E-state index is 12.9. The molecule has 6 nitrogen and oxygen atoms in total. The number of halogens is 1. The fraction of sp³-hybridized carbons (Fsp3) is 0.650. The van der Waals surface area contributed by atoms with Gasteiger partial charge in [-0.25, -0.2) is 8.42 Å². The van der Waals surface area contributed by atoms with Crippen LogP contribution in [0.5, 0.6) is 0 Å². The Balaban J connectivity index is 1.71. The minimum atomic E-state index is -3.15. The van der Waals surface area contributed by atoms with Crippen molar-refractivity contribution in [1.82, 2.24) is 9.21 Å². The second kappa shape index (κ2) is 8.69. The minimum absolute atomic E-state index is 0.0113. The predicted octanol–water partition coefficient (Wildman–Crippen LogP) is 3.17. The van der Waals surface area contributed by atoms with Gasteiger partial charge in [-0.2, -0.15) is 4.31 Å². The highest BCUT2D eigenvalue weighted by atomic mass is 35.5. The van der Waals surface area contributed by atoms with Gasteiger partial charge < -0.3 is 5.73 Å². The Morgan fingerprint density at radius 2 is 1.79 bits per heavy atom. The fourth-order valence-corrected chi connectivity index (χ4v) is 5.85. The van der Waals surface area contributed by atoms with E-state index < -0.39 is 10.0 Å². The van der Waals surface area contributed by atoms with Crippen molar-refractivity contribution in [3.05, 3.63) is 28.8 Å². The van der Waals surface area contributed by atoms with Crippen molar-refractivity contribution in [2.75, 3.05) is 38.2 Å². The van der Waals surface area contributed by atoms with Gasteiger partial charge in [0.15, 0.2) is 5.78 Å². The molecule has 0 aromatic heterocycles. The van der Waals surface area contributed by atoms with Crippen LogP contribution < -0.4 is 5.73 Å². The van der Waals surface area contributed by atoms with Gasteiger partial charge in [0.25, 0.3) is 0 Å². The van der Waals surface area contributed by atoms with Gasteiger partial charge in [-0.1, -0.05) is 36.9 Å². The minimum Gasteiger partial charge on any atom is -0.398 e. The van der Waals surface area contributed by atoms with E-state index in [1.54, 1.807) is 22.5 Å². The van der Waals surface area contributed by atoms with E-state index in [0.29, 0.717) is 35.8 Å². The molecule has 0 amide bonds. The van der Waals surface area contributed by atoms with Gasteiger partial charge in [0.05, 0.1) is 16.8 Å². The number of rotatable bonds is 6. The first kappa shape index (κ1) is 21.6. The summed E-state index contributed by atoms with van der Waals surface area (Å²) in [5.74, 6) is -0.0113. The van der Waals surface area contributed by atoms with E-state index in [1.165, 1.54) is 12.7 Å². The molecule has 1 saturated carbocycles. The first-order chi connectivity index (χ1) is 13.2. The zero-order valence-electron chi connectivity index (χ0n) is 16.5. The Kier molecular flexibility index (Phi) is 6.69. The van der Waals surface area contributed by atoms with Crippen LogP contribution in [0.2, 0.25) is 5.02 Å². The Labute approximate surface area is 173 Å². The summed E-state index contributed by atoms with van der Waals surface area (Å²) >= 11 is 6.21. The van der Waals surface area contributed by atoms with Crippen LogP contribution >= 0.6 is 11.6 Å². The zero-order valence-corrected chi connectivity index (χ0v) is 18.1.